The summed E-state index contributed by atoms with van der Waals surface area (Å²) < 4.78 is 77.0. The second kappa shape index (κ2) is 7.19. The van der Waals surface area contributed by atoms with Crippen molar-refractivity contribution in [3.8, 4) is 11.8 Å². The van der Waals surface area contributed by atoms with Gasteiger partial charge in [-0.3, -0.25) is 0 Å². The Hall–Kier alpha value is -1.61. The lowest BCUT2D eigenvalue weighted by Gasteiger charge is -2.14. The van der Waals surface area contributed by atoms with Gasteiger partial charge in [0.05, 0.1) is 32.8 Å². The van der Waals surface area contributed by atoms with E-state index in [2.05, 4.69) is 5.10 Å². The molecule has 0 atom stereocenters. The number of aliphatic hydroxyl groups is 1. The predicted octanol–water partition coefficient (Wildman–Crippen LogP) is 5.17. The second-order valence-electron chi connectivity index (χ2n) is 4.64. The summed E-state index contributed by atoms with van der Waals surface area (Å²) in [4.78, 5) is -0.700. The summed E-state index contributed by atoms with van der Waals surface area (Å²) in [5.74, 6) is 0. The zero-order valence-electron chi connectivity index (χ0n) is 12.1. The summed E-state index contributed by atoms with van der Waals surface area (Å²) in [7, 11) is 0. The van der Waals surface area contributed by atoms with E-state index >= 15 is 0 Å². The quantitative estimate of drug-likeness (QED) is 0.533. The lowest BCUT2D eigenvalue weighted by atomic mass is 10.2. The number of alkyl halides is 6. The molecule has 0 spiro atoms. The van der Waals surface area contributed by atoms with Crippen LogP contribution in [0, 0.1) is 11.3 Å². The number of halogens is 8. The molecule has 2 aromatic rings. The summed E-state index contributed by atoms with van der Waals surface area (Å²) in [6.07, 6.45) is -4.76. The van der Waals surface area contributed by atoms with Crippen molar-refractivity contribution in [2.45, 2.75) is 23.2 Å². The van der Waals surface area contributed by atoms with E-state index in [1.807, 2.05) is 0 Å². The van der Waals surface area contributed by atoms with Crippen LogP contribution in [0.4, 0.5) is 26.3 Å². The Morgan fingerprint density at radius 3 is 2.08 bits per heavy atom. The van der Waals surface area contributed by atoms with Crippen molar-refractivity contribution >= 4 is 35.0 Å². The Labute approximate surface area is 155 Å². The van der Waals surface area contributed by atoms with E-state index in [1.54, 1.807) is 0 Å². The minimum Gasteiger partial charge on any atom is -0.390 e. The maximum Gasteiger partial charge on any atom is 0.446 e. The average molecular weight is 436 g/mol. The maximum absolute atomic E-state index is 12.8. The largest absolute Gasteiger partial charge is 0.446 e. The highest BCUT2D eigenvalue weighted by molar-refractivity contribution is 8.00. The molecule has 26 heavy (non-hydrogen) atoms. The van der Waals surface area contributed by atoms with E-state index < -0.39 is 67.6 Å². The Morgan fingerprint density at radius 2 is 1.69 bits per heavy atom. The minimum absolute atomic E-state index is 0.393. The number of aromatic nitrogens is 2. The molecule has 13 heteroatoms. The molecule has 0 saturated heterocycles. The molecule has 1 heterocycles. The van der Waals surface area contributed by atoms with Crippen molar-refractivity contribution in [1.82, 2.24) is 9.78 Å². The maximum atomic E-state index is 12.8. The molecule has 1 N–H and O–H groups in total. The number of nitriles is 1. The fraction of sp³-hybridized carbons (Fsp3) is 0.231. The third-order valence-electron chi connectivity index (χ3n) is 2.96. The van der Waals surface area contributed by atoms with Crippen LogP contribution >= 0.6 is 35.0 Å². The number of nitrogens with zero attached hydrogens (tertiary/aromatic N) is 3. The molecule has 0 fully saturated rings. The van der Waals surface area contributed by atoms with E-state index in [0.29, 0.717) is 16.8 Å². The molecule has 0 aliphatic heterocycles. The molecule has 4 nitrogen and oxygen atoms in total. The average Bonchev–Trinajstić information content (AvgIpc) is 2.81. The van der Waals surface area contributed by atoms with E-state index in [0.717, 1.165) is 0 Å². The molecule has 1 aromatic heterocycles. The zero-order chi connectivity index (χ0) is 19.9. The second-order valence-corrected chi connectivity index (χ2v) is 6.53. The molecule has 0 radical (unpaired) electrons. The highest BCUT2D eigenvalue weighted by Gasteiger charge is 2.36. The first-order valence-corrected chi connectivity index (χ1v) is 7.91. The molecule has 0 aliphatic carbocycles. The fourth-order valence-corrected chi connectivity index (χ4v) is 3.32. The van der Waals surface area contributed by atoms with Gasteiger partial charge in [-0.2, -0.15) is 36.7 Å². The van der Waals surface area contributed by atoms with Crippen molar-refractivity contribution in [3.05, 3.63) is 39.1 Å². The number of hydrogen-bond acceptors (Lipinski definition) is 4. The molecule has 140 valence electrons. The highest BCUT2D eigenvalue weighted by atomic mass is 35.5. The molecule has 0 saturated carbocycles. The van der Waals surface area contributed by atoms with Gasteiger partial charge in [0.15, 0.2) is 5.69 Å². The topological polar surface area (TPSA) is 61.8 Å². The van der Waals surface area contributed by atoms with E-state index in [4.69, 9.17) is 28.5 Å². The van der Waals surface area contributed by atoms with Gasteiger partial charge in [0.1, 0.15) is 11.8 Å². The summed E-state index contributed by atoms with van der Waals surface area (Å²) in [6.45, 7) is -0.999. The van der Waals surface area contributed by atoms with Crippen LogP contribution in [0.25, 0.3) is 5.69 Å². The Morgan fingerprint density at radius 1 is 1.15 bits per heavy atom. The van der Waals surface area contributed by atoms with Gasteiger partial charge in [0.25, 0.3) is 0 Å². The van der Waals surface area contributed by atoms with Gasteiger partial charge in [-0.15, -0.1) is 0 Å². The summed E-state index contributed by atoms with van der Waals surface area (Å²) in [5.41, 5.74) is -7.55. The number of hydrogen-bond donors (Lipinski definition) is 1. The van der Waals surface area contributed by atoms with Crippen LogP contribution in [0.5, 0.6) is 0 Å². The molecular weight excluding hydrogens is 431 g/mol. The molecule has 2 rings (SSSR count). The molecule has 1 aromatic carbocycles. The van der Waals surface area contributed by atoms with Crippen molar-refractivity contribution in [3.63, 3.8) is 0 Å². The Kier molecular flexibility index (Phi) is 5.72. The predicted molar refractivity (Wildman–Crippen MR) is 81.1 cm³/mol. The monoisotopic (exact) mass is 435 g/mol. The first-order valence-electron chi connectivity index (χ1n) is 6.34. The third-order valence-corrected chi connectivity index (χ3v) is 4.40. The van der Waals surface area contributed by atoms with Crippen LogP contribution in [0.15, 0.2) is 17.0 Å². The smallest absolute Gasteiger partial charge is 0.390 e. The molecule has 0 bridgehead atoms. The molecular formula is C13H5Cl2F6N3OS. The van der Waals surface area contributed by atoms with Crippen LogP contribution < -0.4 is 0 Å². The van der Waals surface area contributed by atoms with Crippen molar-refractivity contribution < 1.29 is 31.4 Å². The van der Waals surface area contributed by atoms with Gasteiger partial charge in [-0.25, -0.2) is 4.68 Å². The van der Waals surface area contributed by atoms with Gasteiger partial charge in [0, 0.05) is 0 Å². The Bertz CT molecular complexity index is 865. The van der Waals surface area contributed by atoms with Crippen LogP contribution in [-0.2, 0) is 12.8 Å². The number of rotatable bonds is 3. The standard InChI is InChI=1S/C13H5Cl2F6N3OS/c14-6-1-5(12(16,17)18)2-7(15)10(6)24-9(4-25)11(8(3-22)23-24)26-13(19,20)21/h1-2,25H,4H2. The fourth-order valence-electron chi connectivity index (χ4n) is 1.99. The van der Waals surface area contributed by atoms with Gasteiger partial charge in [-0.1, -0.05) is 23.2 Å². The van der Waals surface area contributed by atoms with Crippen LogP contribution in [0.3, 0.4) is 0 Å². The van der Waals surface area contributed by atoms with Crippen LogP contribution in [0.1, 0.15) is 17.0 Å². The summed E-state index contributed by atoms with van der Waals surface area (Å²) in [5, 5.41) is 20.8. The summed E-state index contributed by atoms with van der Waals surface area (Å²) in [6, 6.07) is 2.44. The van der Waals surface area contributed by atoms with Crippen molar-refractivity contribution in [1.29, 1.82) is 5.26 Å². The molecule has 0 aliphatic rings. The van der Waals surface area contributed by atoms with Gasteiger partial charge in [-0.05, 0) is 23.9 Å². The van der Waals surface area contributed by atoms with Gasteiger partial charge in [0.2, 0.25) is 0 Å². The van der Waals surface area contributed by atoms with Crippen molar-refractivity contribution in [2.75, 3.05) is 0 Å². The van der Waals surface area contributed by atoms with Crippen LogP contribution in [0.2, 0.25) is 10.0 Å². The van der Waals surface area contributed by atoms with Gasteiger partial charge < -0.3 is 5.11 Å². The third kappa shape index (κ3) is 4.20. The first kappa shape index (κ1) is 20.7. The summed E-state index contributed by atoms with van der Waals surface area (Å²) >= 11 is 10.9. The molecule has 0 unspecified atom stereocenters. The van der Waals surface area contributed by atoms with E-state index in [1.165, 1.54) is 6.07 Å². The SMILES string of the molecule is N#Cc1nn(-c2c(Cl)cc(C(F)(F)F)cc2Cl)c(CO)c1SC(F)(F)F. The van der Waals surface area contributed by atoms with Crippen molar-refractivity contribution in [2.24, 2.45) is 0 Å². The molecule has 0 amide bonds. The first-order chi connectivity index (χ1) is 11.9. The lowest BCUT2D eigenvalue weighted by molar-refractivity contribution is -0.137. The number of aliphatic hydroxyl groups excluding tert-OH is 1. The highest BCUT2D eigenvalue weighted by Crippen LogP contribution is 2.43. The lowest BCUT2D eigenvalue weighted by Crippen LogP contribution is -2.09. The normalized spacial score (nSPS) is 12.3. The number of benzene rings is 1. The van der Waals surface area contributed by atoms with E-state index in [9.17, 15) is 31.4 Å². The zero-order valence-corrected chi connectivity index (χ0v) is 14.4. The minimum atomic E-state index is -4.79. The number of thioether (sulfide) groups is 1. The Balaban J connectivity index is 2.72. The van der Waals surface area contributed by atoms with Crippen LogP contribution in [-0.4, -0.2) is 20.4 Å². The van der Waals surface area contributed by atoms with E-state index in [-0.39, 0.29) is 0 Å². The van der Waals surface area contributed by atoms with Gasteiger partial charge >= 0.3 is 11.7 Å².